The second kappa shape index (κ2) is 6.89. The molecule has 5 nitrogen and oxygen atoms in total. The molecule has 0 spiro atoms. The predicted molar refractivity (Wildman–Crippen MR) is 74.3 cm³/mol. The Labute approximate surface area is 113 Å². The van der Waals surface area contributed by atoms with Crippen LogP contribution in [0.25, 0.3) is 0 Å². The molecule has 0 fully saturated rings. The number of aliphatic carboxylic acids is 1. The van der Waals surface area contributed by atoms with Crippen molar-refractivity contribution < 1.29 is 14.7 Å². The molecule has 0 unspecified atom stereocenters. The van der Waals surface area contributed by atoms with Crippen molar-refractivity contribution in [3.63, 3.8) is 0 Å². The Morgan fingerprint density at radius 2 is 1.74 bits per heavy atom. The van der Waals surface area contributed by atoms with E-state index in [1.165, 1.54) is 4.90 Å². The van der Waals surface area contributed by atoms with Crippen molar-refractivity contribution in [3.8, 4) is 0 Å². The van der Waals surface area contributed by atoms with Gasteiger partial charge in [0.15, 0.2) is 0 Å². The molecular formula is C14H20N2O3. The van der Waals surface area contributed by atoms with E-state index < -0.39 is 5.97 Å². The Hall–Kier alpha value is -1.88. The van der Waals surface area contributed by atoms with Crippen molar-refractivity contribution >= 4 is 17.6 Å². The predicted octanol–water partition coefficient (Wildman–Crippen LogP) is 1.36. The van der Waals surface area contributed by atoms with E-state index in [0.717, 1.165) is 5.56 Å². The molecule has 0 radical (unpaired) electrons. The van der Waals surface area contributed by atoms with Crippen LogP contribution >= 0.6 is 0 Å². The Balaban J connectivity index is 2.84. The van der Waals surface area contributed by atoms with Gasteiger partial charge >= 0.3 is 5.97 Å². The molecule has 1 rings (SSSR count). The van der Waals surface area contributed by atoms with Gasteiger partial charge < -0.3 is 14.9 Å². The number of anilines is 1. The number of carboxylic acids is 1. The van der Waals surface area contributed by atoms with Crippen LogP contribution in [0.3, 0.4) is 0 Å². The highest BCUT2D eigenvalue weighted by atomic mass is 16.4. The van der Waals surface area contributed by atoms with Crippen molar-refractivity contribution in [1.29, 1.82) is 0 Å². The van der Waals surface area contributed by atoms with Crippen LogP contribution in [0.15, 0.2) is 24.3 Å². The average Bonchev–Trinajstić information content (AvgIpc) is 2.34. The zero-order valence-electron chi connectivity index (χ0n) is 11.6. The molecule has 0 aliphatic heterocycles. The van der Waals surface area contributed by atoms with E-state index in [-0.39, 0.29) is 12.5 Å². The van der Waals surface area contributed by atoms with Gasteiger partial charge in [0.25, 0.3) is 0 Å². The van der Waals surface area contributed by atoms with E-state index >= 15 is 0 Å². The lowest BCUT2D eigenvalue weighted by atomic mass is 10.2. The molecule has 104 valence electrons. The molecule has 19 heavy (non-hydrogen) atoms. The van der Waals surface area contributed by atoms with E-state index in [1.807, 2.05) is 38.1 Å². The van der Waals surface area contributed by atoms with E-state index in [0.29, 0.717) is 18.7 Å². The largest absolute Gasteiger partial charge is 0.480 e. The molecule has 5 heteroatoms. The fourth-order valence-corrected chi connectivity index (χ4v) is 1.64. The average molecular weight is 264 g/mol. The Kier molecular flexibility index (Phi) is 5.51. The molecule has 1 amide bonds. The molecule has 1 N–H and O–H groups in total. The normalized spacial score (nSPS) is 10.5. The van der Waals surface area contributed by atoms with E-state index in [2.05, 4.69) is 0 Å². The van der Waals surface area contributed by atoms with Gasteiger partial charge in [0.1, 0.15) is 6.54 Å². The third kappa shape index (κ3) is 5.09. The number of hydrogen-bond donors (Lipinski definition) is 1. The van der Waals surface area contributed by atoms with Gasteiger partial charge in [0, 0.05) is 18.7 Å². The van der Waals surface area contributed by atoms with Crippen molar-refractivity contribution in [2.45, 2.75) is 13.3 Å². The number of carboxylic acid groups (broad SMARTS) is 1. The molecule has 0 aliphatic carbocycles. The Morgan fingerprint density at radius 1 is 1.16 bits per heavy atom. The standard InChI is InChI=1S/C14H20N2O3/c1-11-4-6-12(7-5-11)16(10-14(18)19)13(17)8-9-15(2)3/h4-7H,8-10H2,1-3H3,(H,18,19). The first-order valence-corrected chi connectivity index (χ1v) is 6.13. The zero-order chi connectivity index (χ0) is 14.4. The van der Waals surface area contributed by atoms with Crippen LogP contribution in [0.5, 0.6) is 0 Å². The molecule has 0 aromatic heterocycles. The summed E-state index contributed by atoms with van der Waals surface area (Å²) in [5, 5.41) is 8.92. The first-order chi connectivity index (χ1) is 8.90. The topological polar surface area (TPSA) is 60.9 Å². The van der Waals surface area contributed by atoms with Crippen LogP contribution in [-0.4, -0.2) is 49.1 Å². The number of carbonyl (C=O) groups is 2. The highest BCUT2D eigenvalue weighted by Gasteiger charge is 2.18. The van der Waals surface area contributed by atoms with E-state index in [4.69, 9.17) is 5.11 Å². The van der Waals surface area contributed by atoms with Crippen molar-refractivity contribution in [1.82, 2.24) is 4.90 Å². The summed E-state index contributed by atoms with van der Waals surface area (Å²) in [6, 6.07) is 7.27. The zero-order valence-corrected chi connectivity index (χ0v) is 11.6. The maximum atomic E-state index is 12.1. The molecule has 1 aromatic carbocycles. The first-order valence-electron chi connectivity index (χ1n) is 6.13. The number of aryl methyl sites for hydroxylation is 1. The molecular weight excluding hydrogens is 244 g/mol. The van der Waals surface area contributed by atoms with Gasteiger partial charge in [-0.25, -0.2) is 0 Å². The smallest absolute Gasteiger partial charge is 0.323 e. The van der Waals surface area contributed by atoms with Crippen molar-refractivity contribution in [3.05, 3.63) is 29.8 Å². The minimum Gasteiger partial charge on any atom is -0.480 e. The third-order valence-electron chi connectivity index (χ3n) is 2.71. The SMILES string of the molecule is Cc1ccc(N(CC(=O)O)C(=O)CCN(C)C)cc1. The maximum Gasteiger partial charge on any atom is 0.323 e. The third-order valence-corrected chi connectivity index (χ3v) is 2.71. The maximum absolute atomic E-state index is 12.1. The number of carbonyl (C=O) groups excluding carboxylic acids is 1. The van der Waals surface area contributed by atoms with Gasteiger partial charge in [0.2, 0.25) is 5.91 Å². The summed E-state index contributed by atoms with van der Waals surface area (Å²) >= 11 is 0. The molecule has 0 saturated carbocycles. The van der Waals surface area contributed by atoms with Crippen LogP contribution in [0.2, 0.25) is 0 Å². The van der Waals surface area contributed by atoms with Crippen molar-refractivity contribution in [2.24, 2.45) is 0 Å². The summed E-state index contributed by atoms with van der Waals surface area (Å²) in [4.78, 5) is 26.2. The second-order valence-corrected chi connectivity index (χ2v) is 4.76. The lowest BCUT2D eigenvalue weighted by molar-refractivity contribution is -0.136. The first kappa shape index (κ1) is 15.2. The second-order valence-electron chi connectivity index (χ2n) is 4.76. The quantitative estimate of drug-likeness (QED) is 0.843. The molecule has 0 bridgehead atoms. The fraction of sp³-hybridized carbons (Fsp3) is 0.429. The lowest BCUT2D eigenvalue weighted by Crippen LogP contribution is -2.37. The van der Waals surface area contributed by atoms with Gasteiger partial charge in [-0.05, 0) is 33.2 Å². The molecule has 0 saturated heterocycles. The van der Waals surface area contributed by atoms with Crippen LogP contribution in [0.1, 0.15) is 12.0 Å². The monoisotopic (exact) mass is 264 g/mol. The van der Waals surface area contributed by atoms with E-state index in [1.54, 1.807) is 12.1 Å². The minimum absolute atomic E-state index is 0.181. The van der Waals surface area contributed by atoms with Gasteiger partial charge in [-0.1, -0.05) is 17.7 Å². The van der Waals surface area contributed by atoms with Crippen LogP contribution in [-0.2, 0) is 9.59 Å². The Bertz CT molecular complexity index is 441. The van der Waals surface area contributed by atoms with Crippen LogP contribution in [0.4, 0.5) is 5.69 Å². The minimum atomic E-state index is -1.02. The van der Waals surface area contributed by atoms with Crippen molar-refractivity contribution in [2.75, 3.05) is 32.1 Å². The van der Waals surface area contributed by atoms with Gasteiger partial charge in [-0.3, -0.25) is 9.59 Å². The Morgan fingerprint density at radius 3 is 2.21 bits per heavy atom. The molecule has 1 aromatic rings. The highest BCUT2D eigenvalue weighted by molar-refractivity contribution is 5.97. The number of nitrogens with zero attached hydrogens (tertiary/aromatic N) is 2. The number of rotatable bonds is 6. The van der Waals surface area contributed by atoms with Crippen LogP contribution in [0, 0.1) is 6.92 Å². The lowest BCUT2D eigenvalue weighted by Gasteiger charge is -2.22. The summed E-state index contributed by atoms with van der Waals surface area (Å²) in [5.74, 6) is -1.20. The summed E-state index contributed by atoms with van der Waals surface area (Å²) in [6.45, 7) is 2.23. The van der Waals surface area contributed by atoms with Crippen LogP contribution < -0.4 is 4.90 Å². The number of hydrogen-bond acceptors (Lipinski definition) is 3. The highest BCUT2D eigenvalue weighted by Crippen LogP contribution is 2.16. The van der Waals surface area contributed by atoms with Gasteiger partial charge in [0.05, 0.1) is 0 Å². The number of benzene rings is 1. The number of amides is 1. The molecule has 0 aliphatic rings. The van der Waals surface area contributed by atoms with Gasteiger partial charge in [-0.15, -0.1) is 0 Å². The fourth-order valence-electron chi connectivity index (χ4n) is 1.64. The summed E-state index contributed by atoms with van der Waals surface area (Å²) in [5.41, 5.74) is 1.69. The molecule has 0 heterocycles. The van der Waals surface area contributed by atoms with E-state index in [9.17, 15) is 9.59 Å². The summed E-state index contributed by atoms with van der Waals surface area (Å²) in [7, 11) is 3.75. The molecule has 0 atom stereocenters. The summed E-state index contributed by atoms with van der Waals surface area (Å²) < 4.78 is 0. The van der Waals surface area contributed by atoms with Gasteiger partial charge in [-0.2, -0.15) is 0 Å². The summed E-state index contributed by atoms with van der Waals surface area (Å²) in [6.07, 6.45) is 0.300.